The van der Waals surface area contributed by atoms with Gasteiger partial charge in [-0.25, -0.2) is 0 Å². The molecule has 0 heterocycles. The minimum atomic E-state index is 0.245. The van der Waals surface area contributed by atoms with Crippen molar-refractivity contribution in [2.24, 2.45) is 11.7 Å². The van der Waals surface area contributed by atoms with Crippen molar-refractivity contribution in [1.29, 1.82) is 0 Å². The summed E-state index contributed by atoms with van der Waals surface area (Å²) in [6.07, 6.45) is 1.14. The van der Waals surface area contributed by atoms with E-state index in [9.17, 15) is 0 Å². The third kappa shape index (κ3) is 1.77. The van der Waals surface area contributed by atoms with Gasteiger partial charge in [0.2, 0.25) is 0 Å². The summed E-state index contributed by atoms with van der Waals surface area (Å²) in [5, 5.41) is 1.34. The third-order valence-electron chi connectivity index (χ3n) is 2.90. The zero-order chi connectivity index (χ0) is 10.3. The topological polar surface area (TPSA) is 26.0 Å². The van der Waals surface area contributed by atoms with E-state index in [1.807, 2.05) is 25.1 Å². The van der Waals surface area contributed by atoms with E-state index in [4.69, 9.17) is 28.9 Å². The van der Waals surface area contributed by atoms with Gasteiger partial charge in [0.25, 0.3) is 0 Å². The Balaban J connectivity index is 2.23. The largest absolute Gasteiger partial charge is 0.328 e. The lowest BCUT2D eigenvalue weighted by molar-refractivity contribution is 0.632. The summed E-state index contributed by atoms with van der Waals surface area (Å²) in [7, 11) is 0. The van der Waals surface area contributed by atoms with Crippen molar-refractivity contribution < 1.29 is 0 Å². The van der Waals surface area contributed by atoms with E-state index in [1.54, 1.807) is 0 Å². The highest BCUT2D eigenvalue weighted by Gasteiger charge is 2.41. The minimum absolute atomic E-state index is 0.245. The maximum absolute atomic E-state index is 6.13. The van der Waals surface area contributed by atoms with Crippen LogP contribution in [0, 0.1) is 5.92 Å². The lowest BCUT2D eigenvalue weighted by atomic mass is 10.1. The Morgan fingerprint density at radius 1 is 1.43 bits per heavy atom. The molecule has 14 heavy (non-hydrogen) atoms. The van der Waals surface area contributed by atoms with Crippen LogP contribution in [0.3, 0.4) is 0 Å². The molecule has 0 spiro atoms. The van der Waals surface area contributed by atoms with Crippen molar-refractivity contribution in [3.8, 4) is 0 Å². The standard InChI is InChI=1S/C11H13Cl2N/c1-6(14)8-5-9(8)7-3-2-4-10(12)11(7)13/h2-4,6,8-9H,5,14H2,1H3/t6-,8-,9-/m0/s1. The van der Waals surface area contributed by atoms with Gasteiger partial charge in [-0.1, -0.05) is 35.3 Å². The maximum atomic E-state index is 6.13. The van der Waals surface area contributed by atoms with Crippen LogP contribution in [0.2, 0.25) is 10.0 Å². The molecule has 3 heteroatoms. The summed E-state index contributed by atoms with van der Waals surface area (Å²) in [4.78, 5) is 0. The molecular weight excluding hydrogens is 217 g/mol. The molecule has 3 atom stereocenters. The average Bonchev–Trinajstić information content (AvgIpc) is 2.89. The Bertz CT molecular complexity index is 349. The molecule has 0 amide bonds. The van der Waals surface area contributed by atoms with Gasteiger partial charge in [0.1, 0.15) is 0 Å². The summed E-state index contributed by atoms with van der Waals surface area (Å²) >= 11 is 12.1. The summed E-state index contributed by atoms with van der Waals surface area (Å²) in [6, 6.07) is 6.05. The van der Waals surface area contributed by atoms with Crippen LogP contribution < -0.4 is 5.73 Å². The second-order valence-corrected chi connectivity index (χ2v) is 4.79. The van der Waals surface area contributed by atoms with Crippen LogP contribution in [-0.2, 0) is 0 Å². The van der Waals surface area contributed by atoms with Crippen LogP contribution in [0.5, 0.6) is 0 Å². The van der Waals surface area contributed by atoms with Crippen molar-refractivity contribution in [2.45, 2.75) is 25.3 Å². The molecule has 0 aromatic heterocycles. The Kier molecular flexibility index (Phi) is 2.74. The minimum Gasteiger partial charge on any atom is -0.328 e. The molecule has 1 aromatic rings. The fourth-order valence-electron chi connectivity index (χ4n) is 1.96. The SMILES string of the molecule is C[C@H](N)[C@@H]1C[C@H]1c1cccc(Cl)c1Cl. The molecule has 1 nitrogen and oxygen atoms in total. The van der Waals surface area contributed by atoms with Crippen LogP contribution in [0.25, 0.3) is 0 Å². The Morgan fingerprint density at radius 3 is 2.71 bits per heavy atom. The lowest BCUT2D eigenvalue weighted by Crippen LogP contribution is -2.17. The molecule has 0 bridgehead atoms. The highest BCUT2D eigenvalue weighted by Crippen LogP contribution is 2.51. The van der Waals surface area contributed by atoms with E-state index in [0.717, 1.165) is 12.0 Å². The van der Waals surface area contributed by atoms with Gasteiger partial charge in [-0.3, -0.25) is 0 Å². The molecule has 1 saturated carbocycles. The molecule has 1 fully saturated rings. The molecule has 0 unspecified atom stereocenters. The number of halogens is 2. The van der Waals surface area contributed by atoms with Crippen molar-refractivity contribution in [2.75, 3.05) is 0 Å². The fourth-order valence-corrected chi connectivity index (χ4v) is 2.41. The molecular formula is C11H13Cl2N. The van der Waals surface area contributed by atoms with E-state index < -0.39 is 0 Å². The molecule has 0 saturated heterocycles. The second kappa shape index (κ2) is 3.73. The zero-order valence-corrected chi connectivity index (χ0v) is 9.52. The summed E-state index contributed by atoms with van der Waals surface area (Å²) in [5.41, 5.74) is 6.99. The lowest BCUT2D eigenvalue weighted by Gasteiger charge is -2.06. The number of nitrogens with two attached hydrogens (primary N) is 1. The molecule has 0 aliphatic heterocycles. The van der Waals surface area contributed by atoms with E-state index in [1.165, 1.54) is 0 Å². The molecule has 0 radical (unpaired) electrons. The molecule has 2 rings (SSSR count). The molecule has 2 N–H and O–H groups in total. The van der Waals surface area contributed by atoms with Crippen molar-refractivity contribution >= 4 is 23.2 Å². The van der Waals surface area contributed by atoms with Crippen LogP contribution in [0.1, 0.15) is 24.8 Å². The molecule has 1 aromatic carbocycles. The van der Waals surface area contributed by atoms with Gasteiger partial charge >= 0.3 is 0 Å². The van der Waals surface area contributed by atoms with Crippen molar-refractivity contribution in [3.63, 3.8) is 0 Å². The zero-order valence-electron chi connectivity index (χ0n) is 8.00. The highest BCUT2D eigenvalue weighted by molar-refractivity contribution is 6.42. The van der Waals surface area contributed by atoms with Crippen molar-refractivity contribution in [3.05, 3.63) is 33.8 Å². The van der Waals surface area contributed by atoms with Crippen molar-refractivity contribution in [1.82, 2.24) is 0 Å². The van der Waals surface area contributed by atoms with Gasteiger partial charge in [-0.15, -0.1) is 0 Å². The first-order valence-electron chi connectivity index (χ1n) is 4.80. The Morgan fingerprint density at radius 2 is 2.14 bits per heavy atom. The first-order valence-corrected chi connectivity index (χ1v) is 5.56. The number of hydrogen-bond acceptors (Lipinski definition) is 1. The van der Waals surface area contributed by atoms with Gasteiger partial charge in [0, 0.05) is 6.04 Å². The smallest absolute Gasteiger partial charge is 0.0627 e. The van der Waals surface area contributed by atoms with Crippen LogP contribution in [0.4, 0.5) is 0 Å². The number of benzene rings is 1. The maximum Gasteiger partial charge on any atom is 0.0627 e. The van der Waals surface area contributed by atoms with E-state index >= 15 is 0 Å². The van der Waals surface area contributed by atoms with Gasteiger partial charge in [-0.05, 0) is 36.8 Å². The number of hydrogen-bond donors (Lipinski definition) is 1. The number of rotatable bonds is 2. The average molecular weight is 230 g/mol. The van der Waals surface area contributed by atoms with Crippen LogP contribution >= 0.6 is 23.2 Å². The highest BCUT2D eigenvalue weighted by atomic mass is 35.5. The van der Waals surface area contributed by atoms with Gasteiger partial charge in [0.05, 0.1) is 10.0 Å². The molecule has 1 aliphatic carbocycles. The monoisotopic (exact) mass is 229 g/mol. The summed E-state index contributed by atoms with van der Waals surface area (Å²) < 4.78 is 0. The third-order valence-corrected chi connectivity index (χ3v) is 3.73. The van der Waals surface area contributed by atoms with Gasteiger partial charge < -0.3 is 5.73 Å². The quantitative estimate of drug-likeness (QED) is 0.827. The normalized spacial score (nSPS) is 27.4. The van der Waals surface area contributed by atoms with Gasteiger partial charge in [0.15, 0.2) is 0 Å². The van der Waals surface area contributed by atoms with Crippen LogP contribution in [-0.4, -0.2) is 6.04 Å². The predicted molar refractivity (Wildman–Crippen MR) is 61.0 cm³/mol. The summed E-state index contributed by atoms with van der Waals surface area (Å²) in [6.45, 7) is 2.04. The Labute approximate surface area is 94.2 Å². The molecule has 76 valence electrons. The van der Waals surface area contributed by atoms with E-state index in [0.29, 0.717) is 21.9 Å². The first kappa shape index (κ1) is 10.3. The second-order valence-electron chi connectivity index (χ2n) is 4.01. The van der Waals surface area contributed by atoms with E-state index in [2.05, 4.69) is 0 Å². The van der Waals surface area contributed by atoms with Crippen LogP contribution in [0.15, 0.2) is 18.2 Å². The molecule has 1 aliphatic rings. The first-order chi connectivity index (χ1) is 6.61. The Hall–Kier alpha value is -0.240. The van der Waals surface area contributed by atoms with E-state index in [-0.39, 0.29) is 6.04 Å². The van der Waals surface area contributed by atoms with Gasteiger partial charge in [-0.2, -0.15) is 0 Å². The summed E-state index contributed by atoms with van der Waals surface area (Å²) in [5.74, 6) is 1.09. The predicted octanol–water partition coefficient (Wildman–Crippen LogP) is 3.44. The fraction of sp³-hybridized carbons (Fsp3) is 0.455.